The number of aryl methyl sites for hydroxylation is 2. The molecule has 0 aliphatic rings. The van der Waals surface area contributed by atoms with Crippen LogP contribution >= 0.6 is 11.6 Å². The number of benzene rings is 1. The number of carbonyl (C=O) groups excluding carboxylic acids is 1. The molecule has 0 bridgehead atoms. The van der Waals surface area contributed by atoms with Crippen molar-refractivity contribution >= 4 is 17.5 Å². The first-order valence-electron chi connectivity index (χ1n) is 9.31. The van der Waals surface area contributed by atoms with Crippen LogP contribution in [0.1, 0.15) is 50.2 Å². The topological polar surface area (TPSA) is 94.1 Å². The predicted octanol–water partition coefficient (Wildman–Crippen LogP) is 4.18. The summed E-state index contributed by atoms with van der Waals surface area (Å²) >= 11 is 5.89. The zero-order chi connectivity index (χ0) is 19.9. The monoisotopic (exact) mass is 402 g/mol. The maximum Gasteiger partial charge on any atom is 0.226 e. The molecule has 2 heterocycles. The van der Waals surface area contributed by atoms with Crippen molar-refractivity contribution in [2.75, 3.05) is 6.54 Å². The molecule has 0 aliphatic carbocycles. The maximum atomic E-state index is 12.0. The number of nitrogens with one attached hydrogen (secondary N) is 1. The highest BCUT2D eigenvalue weighted by atomic mass is 35.5. The van der Waals surface area contributed by atoms with E-state index in [1.807, 2.05) is 26.0 Å². The molecule has 0 saturated carbocycles. The van der Waals surface area contributed by atoms with Crippen LogP contribution in [0.25, 0.3) is 11.3 Å². The Kier molecular flexibility index (Phi) is 6.81. The summed E-state index contributed by atoms with van der Waals surface area (Å²) in [6.45, 7) is 4.59. The summed E-state index contributed by atoms with van der Waals surface area (Å²) in [6, 6.07) is 7.33. The summed E-state index contributed by atoms with van der Waals surface area (Å²) in [4.78, 5) is 20.5. The van der Waals surface area contributed by atoms with Crippen LogP contribution in [0, 0.1) is 0 Å². The second-order valence-corrected chi connectivity index (χ2v) is 7.22. The fourth-order valence-corrected chi connectivity index (χ4v) is 2.68. The maximum absolute atomic E-state index is 12.0. The minimum atomic E-state index is -0.0420. The highest BCUT2D eigenvalue weighted by Gasteiger charge is 2.11. The molecule has 0 saturated heterocycles. The molecular formula is C20H23ClN4O3. The van der Waals surface area contributed by atoms with Crippen molar-refractivity contribution in [1.82, 2.24) is 20.4 Å². The molecule has 0 atom stereocenters. The number of nitrogens with zero attached hydrogens (tertiary/aromatic N) is 3. The molecule has 0 fully saturated rings. The second-order valence-electron chi connectivity index (χ2n) is 6.78. The first-order valence-corrected chi connectivity index (χ1v) is 9.69. The van der Waals surface area contributed by atoms with Gasteiger partial charge in [-0.3, -0.25) is 4.79 Å². The summed E-state index contributed by atoms with van der Waals surface area (Å²) in [5, 5.41) is 7.47. The van der Waals surface area contributed by atoms with Gasteiger partial charge in [-0.2, -0.15) is 4.98 Å². The number of halogens is 1. The van der Waals surface area contributed by atoms with E-state index in [2.05, 4.69) is 20.4 Å². The van der Waals surface area contributed by atoms with Crippen LogP contribution in [0.3, 0.4) is 0 Å². The highest BCUT2D eigenvalue weighted by Crippen LogP contribution is 2.22. The Morgan fingerprint density at radius 3 is 2.68 bits per heavy atom. The van der Waals surface area contributed by atoms with E-state index >= 15 is 0 Å². The molecule has 3 rings (SSSR count). The van der Waals surface area contributed by atoms with Crippen molar-refractivity contribution < 1.29 is 13.7 Å². The third-order valence-electron chi connectivity index (χ3n) is 4.14. The molecular weight excluding hydrogens is 380 g/mol. The third-order valence-corrected chi connectivity index (χ3v) is 4.39. The zero-order valence-electron chi connectivity index (χ0n) is 15.9. The van der Waals surface area contributed by atoms with Gasteiger partial charge < -0.3 is 14.3 Å². The largest absolute Gasteiger partial charge is 0.441 e. The predicted molar refractivity (Wildman–Crippen MR) is 105 cm³/mol. The van der Waals surface area contributed by atoms with Crippen LogP contribution in [-0.2, 0) is 17.6 Å². The summed E-state index contributed by atoms with van der Waals surface area (Å²) in [7, 11) is 0. The van der Waals surface area contributed by atoms with Gasteiger partial charge in [-0.1, -0.05) is 30.6 Å². The first kappa shape index (κ1) is 20.1. The number of oxazole rings is 1. The van der Waals surface area contributed by atoms with Gasteiger partial charge in [0, 0.05) is 42.3 Å². The minimum Gasteiger partial charge on any atom is -0.441 e. The Bertz CT molecular complexity index is 902. The van der Waals surface area contributed by atoms with Crippen molar-refractivity contribution in [1.29, 1.82) is 0 Å². The SMILES string of the molecule is CC(C)c1noc(CCCNC(=O)CCc2ncc(-c3ccc(Cl)cc3)o2)n1. The van der Waals surface area contributed by atoms with Crippen molar-refractivity contribution in [2.45, 2.75) is 45.4 Å². The fraction of sp³-hybridized carbons (Fsp3) is 0.400. The van der Waals surface area contributed by atoms with E-state index in [0.29, 0.717) is 54.2 Å². The number of hydrogen-bond acceptors (Lipinski definition) is 6. The van der Waals surface area contributed by atoms with Crippen LogP contribution in [0.5, 0.6) is 0 Å². The molecule has 1 aromatic carbocycles. The average Bonchev–Trinajstić information content (AvgIpc) is 3.34. The van der Waals surface area contributed by atoms with Gasteiger partial charge in [0.2, 0.25) is 11.8 Å². The first-order chi connectivity index (χ1) is 13.5. The molecule has 1 amide bonds. The molecule has 8 heteroatoms. The molecule has 1 N–H and O–H groups in total. The summed E-state index contributed by atoms with van der Waals surface area (Å²) in [5.74, 6) is 2.71. The number of carbonyl (C=O) groups is 1. The van der Waals surface area contributed by atoms with E-state index in [-0.39, 0.29) is 11.8 Å². The molecule has 28 heavy (non-hydrogen) atoms. The van der Waals surface area contributed by atoms with Gasteiger partial charge in [0.15, 0.2) is 17.5 Å². The quantitative estimate of drug-likeness (QED) is 0.539. The van der Waals surface area contributed by atoms with Gasteiger partial charge in [0.25, 0.3) is 0 Å². The van der Waals surface area contributed by atoms with Crippen LogP contribution in [0.4, 0.5) is 0 Å². The molecule has 0 radical (unpaired) electrons. The average molecular weight is 403 g/mol. The lowest BCUT2D eigenvalue weighted by Crippen LogP contribution is -2.25. The Hall–Kier alpha value is -2.67. The van der Waals surface area contributed by atoms with Gasteiger partial charge in [-0.25, -0.2) is 4.98 Å². The molecule has 2 aromatic heterocycles. The number of amides is 1. The van der Waals surface area contributed by atoms with Crippen molar-refractivity contribution in [3.63, 3.8) is 0 Å². The Labute approximate surface area is 168 Å². The van der Waals surface area contributed by atoms with Crippen molar-refractivity contribution in [3.8, 4) is 11.3 Å². The Morgan fingerprint density at radius 2 is 1.96 bits per heavy atom. The highest BCUT2D eigenvalue weighted by molar-refractivity contribution is 6.30. The van der Waals surface area contributed by atoms with E-state index in [4.69, 9.17) is 20.5 Å². The molecule has 0 unspecified atom stereocenters. The lowest BCUT2D eigenvalue weighted by atomic mass is 10.2. The van der Waals surface area contributed by atoms with Crippen LogP contribution < -0.4 is 5.32 Å². The van der Waals surface area contributed by atoms with Gasteiger partial charge in [0.05, 0.1) is 6.20 Å². The van der Waals surface area contributed by atoms with Crippen LogP contribution in [0.15, 0.2) is 39.4 Å². The molecule has 0 spiro atoms. The fourth-order valence-electron chi connectivity index (χ4n) is 2.55. The second kappa shape index (κ2) is 9.50. The summed E-state index contributed by atoms with van der Waals surface area (Å²) in [6.07, 6.45) is 3.81. The molecule has 148 valence electrons. The molecule has 0 aliphatic heterocycles. The zero-order valence-corrected chi connectivity index (χ0v) is 16.7. The van der Waals surface area contributed by atoms with E-state index in [9.17, 15) is 4.79 Å². The normalized spacial score (nSPS) is 11.1. The lowest BCUT2D eigenvalue weighted by molar-refractivity contribution is -0.121. The van der Waals surface area contributed by atoms with E-state index in [1.165, 1.54) is 0 Å². The van der Waals surface area contributed by atoms with Crippen LogP contribution in [-0.4, -0.2) is 27.6 Å². The van der Waals surface area contributed by atoms with Crippen LogP contribution in [0.2, 0.25) is 5.02 Å². The van der Waals surface area contributed by atoms with Gasteiger partial charge in [-0.05, 0) is 30.7 Å². The van der Waals surface area contributed by atoms with Crippen molar-refractivity contribution in [3.05, 3.63) is 53.1 Å². The number of aromatic nitrogens is 3. The van der Waals surface area contributed by atoms with E-state index in [0.717, 1.165) is 12.0 Å². The molecule has 7 nitrogen and oxygen atoms in total. The van der Waals surface area contributed by atoms with Crippen molar-refractivity contribution in [2.24, 2.45) is 0 Å². The standard InChI is InChI=1S/C20H23ClN4O3/c1-13(2)20-24-19(28-25-20)4-3-11-22-17(26)9-10-18-23-12-16(27-18)14-5-7-15(21)8-6-14/h5-8,12-13H,3-4,9-11H2,1-2H3,(H,22,26). The van der Waals surface area contributed by atoms with E-state index < -0.39 is 0 Å². The number of hydrogen-bond donors (Lipinski definition) is 1. The van der Waals surface area contributed by atoms with Gasteiger partial charge >= 0.3 is 0 Å². The number of rotatable bonds is 9. The summed E-state index contributed by atoms with van der Waals surface area (Å²) < 4.78 is 10.9. The smallest absolute Gasteiger partial charge is 0.226 e. The van der Waals surface area contributed by atoms with Gasteiger partial charge in [0.1, 0.15) is 0 Å². The molecule has 3 aromatic rings. The minimum absolute atomic E-state index is 0.0420. The van der Waals surface area contributed by atoms with E-state index in [1.54, 1.807) is 18.3 Å². The summed E-state index contributed by atoms with van der Waals surface area (Å²) in [5.41, 5.74) is 0.897. The Balaban J connectivity index is 1.37. The lowest BCUT2D eigenvalue weighted by Gasteiger charge is -2.03. The third kappa shape index (κ3) is 5.66. The van der Waals surface area contributed by atoms with Gasteiger partial charge in [-0.15, -0.1) is 0 Å². The Morgan fingerprint density at radius 1 is 1.18 bits per heavy atom.